The Balaban J connectivity index is 2.82. The van der Waals surface area contributed by atoms with Gasteiger partial charge in [-0.05, 0) is 17.9 Å². The normalized spacial score (nSPS) is 13.9. The Bertz CT molecular complexity index is 465. The highest BCUT2D eigenvalue weighted by Crippen LogP contribution is 2.28. The molecule has 0 aliphatic carbocycles. The summed E-state index contributed by atoms with van der Waals surface area (Å²) < 4.78 is 46.4. The fraction of sp³-hybridized carbons (Fsp3) is 0.429. The minimum atomic E-state index is -4.03. The summed E-state index contributed by atoms with van der Waals surface area (Å²) >= 11 is 1.30. The van der Waals surface area contributed by atoms with Crippen molar-refractivity contribution in [1.82, 2.24) is 0 Å². The topological polar surface area (TPSA) is 78.9 Å². The molecule has 0 spiro atoms. The summed E-state index contributed by atoms with van der Waals surface area (Å²) in [6.07, 6.45) is 0.565. The van der Waals surface area contributed by atoms with Crippen LogP contribution < -0.4 is 0 Å². The van der Waals surface area contributed by atoms with Crippen LogP contribution in [0.3, 0.4) is 0 Å². The van der Waals surface area contributed by atoms with E-state index in [-0.39, 0.29) is 4.90 Å². The molecule has 92 valence electrons. The number of thiophene rings is 1. The molecule has 6 nitrogen and oxygen atoms in total. The number of rotatable bonds is 6. The van der Waals surface area contributed by atoms with Gasteiger partial charge in [-0.3, -0.25) is 4.57 Å². The number of hydrogen-bond donors (Lipinski definition) is 0. The molecule has 0 saturated heterocycles. The first-order valence-electron chi connectivity index (χ1n) is 4.26. The molecule has 0 radical (unpaired) electrons. The Morgan fingerprint density at radius 1 is 1.50 bits per heavy atom. The second kappa shape index (κ2) is 5.90. The molecule has 0 aliphatic heterocycles. The Morgan fingerprint density at radius 2 is 2.19 bits per heavy atom. The van der Waals surface area contributed by atoms with Crippen LogP contribution in [-0.4, -0.2) is 15.5 Å². The van der Waals surface area contributed by atoms with Gasteiger partial charge in [-0.1, -0.05) is 11.3 Å². The maximum absolute atomic E-state index is 11.6. The van der Waals surface area contributed by atoms with Gasteiger partial charge in [0.25, 0.3) is 0 Å². The van der Waals surface area contributed by atoms with Crippen LogP contribution in [0.4, 0.5) is 0 Å². The SMILES string of the molecule is CCc1sccc1S(=O)(=O)OO[PH](=O)OC. The van der Waals surface area contributed by atoms with Crippen LogP contribution in [0.15, 0.2) is 16.3 Å². The third kappa shape index (κ3) is 3.38. The van der Waals surface area contributed by atoms with E-state index in [4.69, 9.17) is 0 Å². The van der Waals surface area contributed by atoms with E-state index in [9.17, 15) is 13.0 Å². The average molecular weight is 286 g/mol. The summed E-state index contributed by atoms with van der Waals surface area (Å²) in [7, 11) is -5.83. The Morgan fingerprint density at radius 3 is 2.75 bits per heavy atom. The van der Waals surface area contributed by atoms with Gasteiger partial charge in [0.15, 0.2) is 0 Å². The molecular weight excluding hydrogens is 275 g/mol. The van der Waals surface area contributed by atoms with Crippen molar-refractivity contribution in [3.63, 3.8) is 0 Å². The first-order valence-corrected chi connectivity index (χ1v) is 7.78. The molecule has 1 heterocycles. The summed E-state index contributed by atoms with van der Waals surface area (Å²) in [6, 6.07) is 1.41. The summed E-state index contributed by atoms with van der Waals surface area (Å²) in [6.45, 7) is 1.82. The molecule has 9 heteroatoms. The van der Waals surface area contributed by atoms with Gasteiger partial charge >= 0.3 is 18.4 Å². The maximum Gasteiger partial charge on any atom is 0.348 e. The lowest BCUT2D eigenvalue weighted by molar-refractivity contribution is -0.0962. The lowest BCUT2D eigenvalue weighted by Crippen LogP contribution is -2.05. The Hall–Kier alpha value is -0.240. The molecule has 1 unspecified atom stereocenters. The van der Waals surface area contributed by atoms with Crippen molar-refractivity contribution in [1.29, 1.82) is 0 Å². The third-order valence-corrected chi connectivity index (χ3v) is 4.69. The predicted molar refractivity (Wildman–Crippen MR) is 59.1 cm³/mol. The zero-order valence-corrected chi connectivity index (χ0v) is 11.3. The first-order chi connectivity index (χ1) is 7.51. The monoisotopic (exact) mass is 286 g/mol. The van der Waals surface area contributed by atoms with Crippen molar-refractivity contribution in [2.45, 2.75) is 18.2 Å². The van der Waals surface area contributed by atoms with Crippen LogP contribution in [0.25, 0.3) is 0 Å². The van der Waals surface area contributed by atoms with Crippen LogP contribution >= 0.6 is 19.6 Å². The van der Waals surface area contributed by atoms with E-state index < -0.39 is 18.4 Å². The standard InChI is InChI=1S/C7H11O6PS2/c1-3-6-7(4-5-15-6)16(9,10)13-12-14(8)11-2/h4-5,14H,3H2,1-2H3. The minimum absolute atomic E-state index is 0.0332. The van der Waals surface area contributed by atoms with Crippen molar-refractivity contribution in [3.8, 4) is 0 Å². The fourth-order valence-electron chi connectivity index (χ4n) is 0.953. The highest BCUT2D eigenvalue weighted by molar-refractivity contribution is 7.87. The molecule has 0 amide bonds. The van der Waals surface area contributed by atoms with E-state index in [0.717, 1.165) is 7.11 Å². The van der Waals surface area contributed by atoms with Gasteiger partial charge in [0.2, 0.25) is 0 Å². The summed E-state index contributed by atoms with van der Waals surface area (Å²) in [5.74, 6) is 0. The molecule has 0 N–H and O–H groups in total. The highest BCUT2D eigenvalue weighted by atomic mass is 32.2. The molecule has 1 aromatic heterocycles. The number of hydrogen-bond acceptors (Lipinski definition) is 7. The first kappa shape index (κ1) is 13.8. The van der Waals surface area contributed by atoms with Gasteiger partial charge in [-0.2, -0.15) is 8.42 Å². The van der Waals surface area contributed by atoms with Crippen molar-refractivity contribution >= 4 is 29.7 Å². The summed E-state index contributed by atoms with van der Waals surface area (Å²) in [5.41, 5.74) is 0. The molecule has 1 atom stereocenters. The minimum Gasteiger partial charge on any atom is -0.312 e. The van der Waals surface area contributed by atoms with E-state index >= 15 is 0 Å². The molecule has 0 aromatic carbocycles. The van der Waals surface area contributed by atoms with E-state index in [1.165, 1.54) is 17.4 Å². The van der Waals surface area contributed by atoms with Crippen molar-refractivity contribution in [2.75, 3.05) is 7.11 Å². The quantitative estimate of drug-likeness (QED) is 0.452. The molecule has 0 aliphatic rings. The van der Waals surface area contributed by atoms with Crippen LogP contribution in [0, 0.1) is 0 Å². The lowest BCUT2D eigenvalue weighted by atomic mass is 10.4. The highest BCUT2D eigenvalue weighted by Gasteiger charge is 2.22. The molecule has 16 heavy (non-hydrogen) atoms. The van der Waals surface area contributed by atoms with Crippen molar-refractivity contribution < 1.29 is 26.5 Å². The average Bonchev–Trinajstić information content (AvgIpc) is 2.74. The Labute approximate surface area is 98.1 Å². The zero-order chi connectivity index (χ0) is 12.2. The van der Waals surface area contributed by atoms with Gasteiger partial charge in [-0.15, -0.1) is 16.0 Å². The van der Waals surface area contributed by atoms with Gasteiger partial charge in [-0.25, -0.2) is 0 Å². The molecule has 0 saturated carbocycles. The molecule has 1 rings (SSSR count). The van der Waals surface area contributed by atoms with Crippen LogP contribution in [0.2, 0.25) is 0 Å². The molecule has 0 fully saturated rings. The van der Waals surface area contributed by atoms with Gasteiger partial charge in [0.1, 0.15) is 4.90 Å². The van der Waals surface area contributed by atoms with E-state index in [1.54, 1.807) is 5.38 Å². The van der Waals surface area contributed by atoms with Gasteiger partial charge < -0.3 is 4.52 Å². The predicted octanol–water partition coefficient (Wildman–Crippen LogP) is 1.98. The van der Waals surface area contributed by atoms with Crippen LogP contribution in [-0.2, 0) is 34.6 Å². The second-order valence-electron chi connectivity index (χ2n) is 2.62. The summed E-state index contributed by atoms with van der Waals surface area (Å²) in [5, 5.41) is 1.63. The summed E-state index contributed by atoms with van der Waals surface area (Å²) in [4.78, 5) is 0.687. The maximum atomic E-state index is 11.6. The van der Waals surface area contributed by atoms with Gasteiger partial charge in [0, 0.05) is 12.0 Å². The lowest BCUT2D eigenvalue weighted by Gasteiger charge is -2.03. The molecule has 0 bridgehead atoms. The van der Waals surface area contributed by atoms with Crippen molar-refractivity contribution in [3.05, 3.63) is 16.3 Å². The van der Waals surface area contributed by atoms with E-state index in [1.807, 2.05) is 6.92 Å². The fourth-order valence-corrected chi connectivity index (χ4v) is 3.59. The van der Waals surface area contributed by atoms with E-state index in [0.29, 0.717) is 11.3 Å². The largest absolute Gasteiger partial charge is 0.348 e. The van der Waals surface area contributed by atoms with Crippen LogP contribution in [0.1, 0.15) is 11.8 Å². The second-order valence-corrected chi connectivity index (χ2v) is 6.18. The zero-order valence-electron chi connectivity index (χ0n) is 8.63. The third-order valence-electron chi connectivity index (χ3n) is 1.65. The van der Waals surface area contributed by atoms with Gasteiger partial charge in [0.05, 0.1) is 0 Å². The van der Waals surface area contributed by atoms with Crippen molar-refractivity contribution in [2.24, 2.45) is 0 Å². The molecule has 1 aromatic rings. The smallest absolute Gasteiger partial charge is 0.312 e. The molecular formula is C7H11O6PS2. The van der Waals surface area contributed by atoms with Crippen LogP contribution in [0.5, 0.6) is 0 Å². The number of aryl methyl sites for hydroxylation is 1. The van der Waals surface area contributed by atoms with E-state index in [2.05, 4.69) is 13.5 Å². The Kier molecular flexibility index (Phi) is 5.10.